The lowest BCUT2D eigenvalue weighted by Gasteiger charge is -2.34. The summed E-state index contributed by atoms with van der Waals surface area (Å²) in [6.45, 7) is 13.6. The van der Waals surface area contributed by atoms with Gasteiger partial charge in [-0.15, -0.1) is 0 Å². The summed E-state index contributed by atoms with van der Waals surface area (Å²) in [6.07, 6.45) is 6.94. The molecular weight excluding hydrogens is 234 g/mol. The zero-order valence-electron chi connectivity index (χ0n) is 13.0. The molecule has 0 bridgehead atoms. The van der Waals surface area contributed by atoms with Crippen molar-refractivity contribution in [2.45, 2.75) is 52.0 Å². The highest BCUT2D eigenvalue weighted by Crippen LogP contribution is 2.12. The predicted molar refractivity (Wildman–Crippen MR) is 82.6 cm³/mol. The van der Waals surface area contributed by atoms with E-state index in [0.29, 0.717) is 0 Å². The number of hydrogen-bond acceptors (Lipinski definition) is 3. The first-order chi connectivity index (χ1) is 9.24. The molecule has 2 saturated heterocycles. The van der Waals surface area contributed by atoms with E-state index in [9.17, 15) is 0 Å². The fraction of sp³-hybridized carbons (Fsp3) is 1.00. The maximum Gasteiger partial charge on any atom is 0.0107 e. The fourth-order valence-electron chi connectivity index (χ4n) is 3.45. The number of likely N-dealkylation sites (tertiary alicyclic amines) is 2. The maximum atomic E-state index is 3.77. The van der Waals surface area contributed by atoms with Crippen molar-refractivity contribution in [1.29, 1.82) is 0 Å². The predicted octanol–water partition coefficient (Wildman–Crippen LogP) is 2.18. The Balaban J connectivity index is 1.53. The molecule has 0 aromatic carbocycles. The number of piperidine rings is 2. The Morgan fingerprint density at radius 1 is 0.947 bits per heavy atom. The van der Waals surface area contributed by atoms with Crippen molar-refractivity contribution in [2.75, 3.05) is 45.8 Å². The first-order valence-electron chi connectivity index (χ1n) is 8.42. The van der Waals surface area contributed by atoms with Gasteiger partial charge in [-0.05, 0) is 57.8 Å². The van der Waals surface area contributed by atoms with Crippen LogP contribution < -0.4 is 5.32 Å². The van der Waals surface area contributed by atoms with Crippen molar-refractivity contribution >= 4 is 0 Å². The van der Waals surface area contributed by atoms with Gasteiger partial charge >= 0.3 is 0 Å². The van der Waals surface area contributed by atoms with Gasteiger partial charge in [0.2, 0.25) is 0 Å². The lowest BCUT2D eigenvalue weighted by atomic mass is 10.0. The SMILES string of the molecule is CC(C)CN1CCC(NCCN2CCCCC2)CC1. The minimum Gasteiger partial charge on any atom is -0.313 e. The van der Waals surface area contributed by atoms with E-state index >= 15 is 0 Å². The Kier molecular flexibility index (Phi) is 6.62. The average molecular weight is 267 g/mol. The van der Waals surface area contributed by atoms with Gasteiger partial charge in [0.15, 0.2) is 0 Å². The number of rotatable bonds is 6. The lowest BCUT2D eigenvalue weighted by Crippen LogP contribution is -2.45. The van der Waals surface area contributed by atoms with Crippen LogP contribution >= 0.6 is 0 Å². The highest BCUT2D eigenvalue weighted by molar-refractivity contribution is 4.78. The van der Waals surface area contributed by atoms with Gasteiger partial charge in [0.25, 0.3) is 0 Å². The molecule has 112 valence electrons. The standard InChI is InChI=1S/C16H33N3/c1-15(2)14-19-11-6-16(7-12-19)17-8-13-18-9-4-3-5-10-18/h15-17H,3-14H2,1-2H3. The van der Waals surface area contributed by atoms with Crippen LogP contribution in [0.25, 0.3) is 0 Å². The molecule has 2 aliphatic rings. The number of nitrogens with one attached hydrogen (secondary N) is 1. The van der Waals surface area contributed by atoms with Crippen LogP contribution in [0.4, 0.5) is 0 Å². The molecule has 2 heterocycles. The van der Waals surface area contributed by atoms with Crippen molar-refractivity contribution in [2.24, 2.45) is 5.92 Å². The van der Waals surface area contributed by atoms with E-state index in [2.05, 4.69) is 29.0 Å². The second-order valence-electron chi connectivity index (χ2n) is 6.83. The number of hydrogen-bond donors (Lipinski definition) is 1. The van der Waals surface area contributed by atoms with Crippen molar-refractivity contribution < 1.29 is 0 Å². The zero-order chi connectivity index (χ0) is 13.5. The molecule has 2 aliphatic heterocycles. The van der Waals surface area contributed by atoms with Crippen LogP contribution in [-0.4, -0.2) is 61.7 Å². The van der Waals surface area contributed by atoms with Crippen molar-refractivity contribution in [3.05, 3.63) is 0 Å². The highest BCUT2D eigenvalue weighted by Gasteiger charge is 2.19. The van der Waals surface area contributed by atoms with E-state index < -0.39 is 0 Å². The minimum absolute atomic E-state index is 0.771. The molecule has 0 radical (unpaired) electrons. The van der Waals surface area contributed by atoms with Crippen LogP contribution in [0.2, 0.25) is 0 Å². The third-order valence-corrected chi connectivity index (χ3v) is 4.52. The summed E-state index contributed by atoms with van der Waals surface area (Å²) in [4.78, 5) is 5.26. The van der Waals surface area contributed by atoms with Crippen LogP contribution in [0.3, 0.4) is 0 Å². The molecular formula is C16H33N3. The van der Waals surface area contributed by atoms with E-state index in [-0.39, 0.29) is 0 Å². The maximum absolute atomic E-state index is 3.77. The molecule has 0 unspecified atom stereocenters. The van der Waals surface area contributed by atoms with Crippen LogP contribution in [-0.2, 0) is 0 Å². The molecule has 0 saturated carbocycles. The first kappa shape index (κ1) is 15.3. The van der Waals surface area contributed by atoms with Gasteiger partial charge in [0.05, 0.1) is 0 Å². The van der Waals surface area contributed by atoms with Crippen molar-refractivity contribution in [3.8, 4) is 0 Å². The smallest absolute Gasteiger partial charge is 0.0107 e. The molecule has 1 N–H and O–H groups in total. The van der Waals surface area contributed by atoms with Crippen molar-refractivity contribution in [1.82, 2.24) is 15.1 Å². The molecule has 2 rings (SSSR count). The summed E-state index contributed by atoms with van der Waals surface area (Å²) in [5, 5.41) is 3.77. The van der Waals surface area contributed by atoms with Gasteiger partial charge in [-0.1, -0.05) is 20.3 Å². The Bertz CT molecular complexity index is 228. The van der Waals surface area contributed by atoms with Crippen LogP contribution in [0.15, 0.2) is 0 Å². The van der Waals surface area contributed by atoms with E-state index in [1.54, 1.807) is 0 Å². The van der Waals surface area contributed by atoms with E-state index in [0.717, 1.165) is 12.0 Å². The second-order valence-corrected chi connectivity index (χ2v) is 6.83. The Morgan fingerprint density at radius 3 is 2.26 bits per heavy atom. The molecule has 0 spiro atoms. The highest BCUT2D eigenvalue weighted by atomic mass is 15.2. The van der Waals surface area contributed by atoms with E-state index in [1.807, 2.05) is 0 Å². The van der Waals surface area contributed by atoms with Gasteiger partial charge in [-0.3, -0.25) is 0 Å². The molecule has 0 aliphatic carbocycles. The second kappa shape index (κ2) is 8.23. The largest absolute Gasteiger partial charge is 0.313 e. The normalized spacial score (nSPS) is 24.2. The lowest BCUT2D eigenvalue weighted by molar-refractivity contribution is 0.173. The first-order valence-corrected chi connectivity index (χ1v) is 8.42. The third kappa shape index (κ3) is 5.80. The number of nitrogens with zero attached hydrogens (tertiary/aromatic N) is 2. The molecule has 0 atom stereocenters. The molecule has 3 heteroatoms. The van der Waals surface area contributed by atoms with Gasteiger partial charge in [0.1, 0.15) is 0 Å². The molecule has 2 fully saturated rings. The van der Waals surface area contributed by atoms with E-state index in [4.69, 9.17) is 0 Å². The van der Waals surface area contributed by atoms with Crippen molar-refractivity contribution in [3.63, 3.8) is 0 Å². The Labute approximate surface area is 119 Å². The zero-order valence-corrected chi connectivity index (χ0v) is 13.0. The fourth-order valence-corrected chi connectivity index (χ4v) is 3.45. The van der Waals surface area contributed by atoms with Gasteiger partial charge in [-0.25, -0.2) is 0 Å². The molecule has 0 aromatic rings. The van der Waals surface area contributed by atoms with Gasteiger partial charge < -0.3 is 15.1 Å². The summed E-state index contributed by atoms with van der Waals surface area (Å²) in [6, 6.07) is 0.771. The molecule has 0 amide bonds. The van der Waals surface area contributed by atoms with Gasteiger partial charge in [-0.2, -0.15) is 0 Å². The summed E-state index contributed by atoms with van der Waals surface area (Å²) < 4.78 is 0. The minimum atomic E-state index is 0.771. The summed E-state index contributed by atoms with van der Waals surface area (Å²) in [5.74, 6) is 0.809. The van der Waals surface area contributed by atoms with Gasteiger partial charge in [0, 0.05) is 25.7 Å². The molecule has 19 heavy (non-hydrogen) atoms. The van der Waals surface area contributed by atoms with Crippen LogP contribution in [0, 0.1) is 5.92 Å². The summed E-state index contributed by atoms with van der Waals surface area (Å²) in [5.41, 5.74) is 0. The molecule has 0 aromatic heterocycles. The molecule has 3 nitrogen and oxygen atoms in total. The summed E-state index contributed by atoms with van der Waals surface area (Å²) >= 11 is 0. The Hall–Kier alpha value is -0.120. The topological polar surface area (TPSA) is 18.5 Å². The summed E-state index contributed by atoms with van der Waals surface area (Å²) in [7, 11) is 0. The quantitative estimate of drug-likeness (QED) is 0.796. The monoisotopic (exact) mass is 267 g/mol. The van der Waals surface area contributed by atoms with Crippen LogP contribution in [0.5, 0.6) is 0 Å². The van der Waals surface area contributed by atoms with E-state index in [1.165, 1.54) is 77.9 Å². The average Bonchev–Trinajstić information content (AvgIpc) is 2.41. The Morgan fingerprint density at radius 2 is 1.63 bits per heavy atom. The third-order valence-electron chi connectivity index (χ3n) is 4.52. The van der Waals surface area contributed by atoms with Crippen LogP contribution in [0.1, 0.15) is 46.0 Å².